The van der Waals surface area contributed by atoms with E-state index in [1.807, 2.05) is 24.4 Å². The Balaban J connectivity index is 1.92. The molecule has 4 nitrogen and oxygen atoms in total. The van der Waals surface area contributed by atoms with Gasteiger partial charge in [0.2, 0.25) is 0 Å². The zero-order valence-corrected chi connectivity index (χ0v) is 13.4. The monoisotopic (exact) mass is 287 g/mol. The molecule has 0 unspecified atom stereocenters. The molecule has 0 aliphatic carbocycles. The van der Waals surface area contributed by atoms with Crippen LogP contribution in [0.4, 0.5) is 0 Å². The van der Waals surface area contributed by atoms with Gasteiger partial charge in [0, 0.05) is 30.4 Å². The molecule has 0 aliphatic rings. The molecule has 0 amide bonds. The number of hydrogen-bond donors (Lipinski definition) is 1. The van der Waals surface area contributed by atoms with Gasteiger partial charge in [-0.1, -0.05) is 6.07 Å². The summed E-state index contributed by atoms with van der Waals surface area (Å²) in [4.78, 5) is 6.61. The van der Waals surface area contributed by atoms with E-state index in [1.165, 1.54) is 5.56 Å². The summed E-state index contributed by atoms with van der Waals surface area (Å²) < 4.78 is 5.61. The van der Waals surface area contributed by atoms with E-state index in [9.17, 15) is 0 Å². The number of hydrogen-bond acceptors (Lipinski definition) is 4. The lowest BCUT2D eigenvalue weighted by atomic mass is 10.1. The third kappa shape index (κ3) is 5.33. The van der Waals surface area contributed by atoms with Crippen molar-refractivity contribution >= 4 is 0 Å². The minimum absolute atomic E-state index is 0.0872. The SMILES string of the molecule is CN(Cc1ccccn1)Cc1ccoc1CNC(C)(C)C. The minimum atomic E-state index is 0.0872. The Labute approximate surface area is 127 Å². The van der Waals surface area contributed by atoms with Crippen LogP contribution in [0.25, 0.3) is 0 Å². The molecule has 2 heterocycles. The van der Waals surface area contributed by atoms with Gasteiger partial charge in [0.15, 0.2) is 0 Å². The summed E-state index contributed by atoms with van der Waals surface area (Å²) in [6.07, 6.45) is 3.60. The van der Waals surface area contributed by atoms with Gasteiger partial charge in [-0.2, -0.15) is 0 Å². The molecule has 0 saturated carbocycles. The van der Waals surface area contributed by atoms with Gasteiger partial charge in [-0.25, -0.2) is 0 Å². The Morgan fingerprint density at radius 2 is 2.00 bits per heavy atom. The maximum absolute atomic E-state index is 5.61. The number of rotatable bonds is 6. The van der Waals surface area contributed by atoms with Crippen LogP contribution in [0.5, 0.6) is 0 Å². The van der Waals surface area contributed by atoms with Crippen molar-refractivity contribution in [2.75, 3.05) is 7.05 Å². The molecule has 0 aromatic carbocycles. The van der Waals surface area contributed by atoms with Crippen molar-refractivity contribution in [3.05, 3.63) is 53.7 Å². The molecule has 114 valence electrons. The van der Waals surface area contributed by atoms with Gasteiger partial charge < -0.3 is 9.73 Å². The van der Waals surface area contributed by atoms with Crippen LogP contribution in [-0.4, -0.2) is 22.5 Å². The molecule has 1 N–H and O–H groups in total. The first kappa shape index (κ1) is 15.7. The van der Waals surface area contributed by atoms with Crippen LogP contribution in [0.15, 0.2) is 41.1 Å². The average Bonchev–Trinajstić information content (AvgIpc) is 2.84. The highest BCUT2D eigenvalue weighted by molar-refractivity contribution is 5.17. The van der Waals surface area contributed by atoms with Crippen molar-refractivity contribution in [2.24, 2.45) is 0 Å². The highest BCUT2D eigenvalue weighted by Gasteiger charge is 2.13. The Kier molecular flexibility index (Phi) is 5.15. The fourth-order valence-corrected chi connectivity index (χ4v) is 2.12. The van der Waals surface area contributed by atoms with Gasteiger partial charge in [0.25, 0.3) is 0 Å². The lowest BCUT2D eigenvalue weighted by Gasteiger charge is -2.21. The molecule has 0 atom stereocenters. The predicted octanol–water partition coefficient (Wildman–Crippen LogP) is 3.19. The largest absolute Gasteiger partial charge is 0.468 e. The van der Waals surface area contributed by atoms with Crippen LogP contribution in [0, 0.1) is 0 Å². The van der Waals surface area contributed by atoms with Crippen molar-refractivity contribution in [3.63, 3.8) is 0 Å². The zero-order chi connectivity index (χ0) is 15.3. The van der Waals surface area contributed by atoms with E-state index >= 15 is 0 Å². The second kappa shape index (κ2) is 6.87. The maximum Gasteiger partial charge on any atom is 0.122 e. The fraction of sp³-hybridized carbons (Fsp3) is 0.471. The Morgan fingerprint density at radius 3 is 2.67 bits per heavy atom. The van der Waals surface area contributed by atoms with E-state index < -0.39 is 0 Å². The molecule has 0 bridgehead atoms. The highest BCUT2D eigenvalue weighted by Crippen LogP contribution is 2.15. The molecule has 2 rings (SSSR count). The average molecular weight is 287 g/mol. The summed E-state index contributed by atoms with van der Waals surface area (Å²) in [5.41, 5.74) is 2.40. The number of pyridine rings is 1. The number of nitrogens with one attached hydrogen (secondary N) is 1. The maximum atomic E-state index is 5.61. The van der Waals surface area contributed by atoms with Gasteiger partial charge in [0.05, 0.1) is 18.5 Å². The third-order valence-electron chi connectivity index (χ3n) is 3.22. The summed E-state index contributed by atoms with van der Waals surface area (Å²) in [6.45, 7) is 8.91. The second-order valence-corrected chi connectivity index (χ2v) is 6.47. The van der Waals surface area contributed by atoms with Gasteiger partial charge >= 0.3 is 0 Å². The number of furan rings is 1. The standard InChI is InChI=1S/C17H25N3O/c1-17(2,3)19-11-16-14(8-10-21-16)12-20(4)13-15-7-5-6-9-18-15/h5-10,19H,11-13H2,1-4H3. The second-order valence-electron chi connectivity index (χ2n) is 6.47. The molecular formula is C17H25N3O. The lowest BCUT2D eigenvalue weighted by molar-refractivity contribution is 0.309. The number of aromatic nitrogens is 1. The molecule has 0 radical (unpaired) electrons. The van der Waals surface area contributed by atoms with E-state index in [0.717, 1.165) is 31.1 Å². The third-order valence-corrected chi connectivity index (χ3v) is 3.22. The van der Waals surface area contributed by atoms with E-state index in [0.29, 0.717) is 0 Å². The summed E-state index contributed by atoms with van der Waals surface area (Å²) >= 11 is 0. The Hall–Kier alpha value is -1.65. The highest BCUT2D eigenvalue weighted by atomic mass is 16.3. The molecular weight excluding hydrogens is 262 g/mol. The smallest absolute Gasteiger partial charge is 0.122 e. The number of nitrogens with zero attached hydrogens (tertiary/aromatic N) is 2. The van der Waals surface area contributed by atoms with Crippen LogP contribution in [0.3, 0.4) is 0 Å². The van der Waals surface area contributed by atoms with Crippen LogP contribution in [0.1, 0.15) is 37.8 Å². The first-order valence-electron chi connectivity index (χ1n) is 7.33. The molecule has 0 spiro atoms. The topological polar surface area (TPSA) is 41.3 Å². The zero-order valence-electron chi connectivity index (χ0n) is 13.4. The van der Waals surface area contributed by atoms with E-state index in [1.54, 1.807) is 6.26 Å². The van der Waals surface area contributed by atoms with Crippen LogP contribution in [0.2, 0.25) is 0 Å². The molecule has 0 aliphatic heterocycles. The van der Waals surface area contributed by atoms with Crippen molar-refractivity contribution in [1.82, 2.24) is 15.2 Å². The quantitative estimate of drug-likeness (QED) is 0.886. The van der Waals surface area contributed by atoms with Gasteiger partial charge in [-0.05, 0) is 46.0 Å². The summed E-state index contributed by atoms with van der Waals surface area (Å²) in [5, 5.41) is 3.46. The van der Waals surface area contributed by atoms with Gasteiger partial charge in [-0.3, -0.25) is 9.88 Å². The van der Waals surface area contributed by atoms with Crippen LogP contribution in [-0.2, 0) is 19.6 Å². The minimum Gasteiger partial charge on any atom is -0.468 e. The molecule has 4 heteroatoms. The summed E-state index contributed by atoms with van der Waals surface area (Å²) in [7, 11) is 2.10. The molecule has 2 aromatic heterocycles. The summed E-state index contributed by atoms with van der Waals surface area (Å²) in [6, 6.07) is 8.06. The first-order chi connectivity index (χ1) is 9.94. The molecule has 21 heavy (non-hydrogen) atoms. The van der Waals surface area contributed by atoms with Crippen molar-refractivity contribution in [1.29, 1.82) is 0 Å². The van der Waals surface area contributed by atoms with E-state index in [4.69, 9.17) is 4.42 Å². The Morgan fingerprint density at radius 1 is 1.19 bits per heavy atom. The van der Waals surface area contributed by atoms with Crippen LogP contribution >= 0.6 is 0 Å². The lowest BCUT2D eigenvalue weighted by Crippen LogP contribution is -2.35. The van der Waals surface area contributed by atoms with Crippen molar-refractivity contribution < 1.29 is 4.42 Å². The van der Waals surface area contributed by atoms with E-state index in [2.05, 4.69) is 49.1 Å². The molecule has 2 aromatic rings. The van der Waals surface area contributed by atoms with Crippen molar-refractivity contribution in [2.45, 2.75) is 45.9 Å². The molecule has 0 fully saturated rings. The molecule has 0 saturated heterocycles. The normalized spacial score (nSPS) is 12.0. The van der Waals surface area contributed by atoms with Gasteiger partial charge in [-0.15, -0.1) is 0 Å². The summed E-state index contributed by atoms with van der Waals surface area (Å²) in [5.74, 6) is 1.01. The van der Waals surface area contributed by atoms with Crippen molar-refractivity contribution in [3.8, 4) is 0 Å². The van der Waals surface area contributed by atoms with Crippen LogP contribution < -0.4 is 5.32 Å². The first-order valence-corrected chi connectivity index (χ1v) is 7.33. The predicted molar refractivity (Wildman–Crippen MR) is 84.7 cm³/mol. The fourth-order valence-electron chi connectivity index (χ4n) is 2.12. The van der Waals surface area contributed by atoms with E-state index in [-0.39, 0.29) is 5.54 Å². The Bertz CT molecular complexity index is 543. The van der Waals surface area contributed by atoms with Gasteiger partial charge in [0.1, 0.15) is 5.76 Å².